The molecule has 0 aromatic heterocycles. The zero-order valence-corrected chi connectivity index (χ0v) is 10.6. The minimum atomic E-state index is -0.0971. The summed E-state index contributed by atoms with van der Waals surface area (Å²) in [5.41, 5.74) is 0.934. The summed E-state index contributed by atoms with van der Waals surface area (Å²) in [5.74, 6) is -0.114. The molecule has 1 fully saturated rings. The highest BCUT2D eigenvalue weighted by molar-refractivity contribution is 6.35. The lowest BCUT2D eigenvalue weighted by Crippen LogP contribution is -2.27. The second-order valence-electron chi connectivity index (χ2n) is 4.02. The number of amides is 1. The fourth-order valence-corrected chi connectivity index (χ4v) is 2.32. The molecule has 0 radical (unpaired) electrons. The van der Waals surface area contributed by atoms with Gasteiger partial charge in [-0.15, -0.1) is 0 Å². The lowest BCUT2D eigenvalue weighted by atomic mass is 10.1. The molecule has 90 valence electrons. The standard InChI is InChI=1S/C12H11Cl2NO2/c13-9-2-1-8(11(14)5-9)3-4-15-7-10(16)6-12(15)17/h1-2,5H,3-4,6-7H2. The third-order valence-corrected chi connectivity index (χ3v) is 3.32. The third-order valence-electron chi connectivity index (χ3n) is 2.73. The average Bonchev–Trinajstić information content (AvgIpc) is 2.56. The molecular formula is C12H11Cl2NO2. The summed E-state index contributed by atoms with van der Waals surface area (Å²) in [4.78, 5) is 24.0. The van der Waals surface area contributed by atoms with Gasteiger partial charge in [0.05, 0.1) is 13.0 Å². The summed E-state index contributed by atoms with van der Waals surface area (Å²) in [5, 5.41) is 1.18. The van der Waals surface area contributed by atoms with Crippen molar-refractivity contribution in [2.75, 3.05) is 13.1 Å². The second kappa shape index (κ2) is 5.07. The molecule has 5 heteroatoms. The van der Waals surface area contributed by atoms with Gasteiger partial charge in [-0.05, 0) is 24.1 Å². The number of hydrogen-bond acceptors (Lipinski definition) is 2. The molecule has 0 aliphatic carbocycles. The zero-order valence-electron chi connectivity index (χ0n) is 9.08. The van der Waals surface area contributed by atoms with Crippen LogP contribution in [0.3, 0.4) is 0 Å². The molecule has 1 saturated heterocycles. The van der Waals surface area contributed by atoms with Crippen molar-refractivity contribution in [1.82, 2.24) is 4.90 Å². The Balaban J connectivity index is 1.98. The summed E-state index contributed by atoms with van der Waals surface area (Å²) in [6, 6.07) is 5.28. The van der Waals surface area contributed by atoms with Crippen molar-refractivity contribution >= 4 is 34.9 Å². The van der Waals surface area contributed by atoms with Gasteiger partial charge in [-0.1, -0.05) is 29.3 Å². The SMILES string of the molecule is O=C1CC(=O)N(CCc2ccc(Cl)cc2Cl)C1. The van der Waals surface area contributed by atoms with Crippen LogP contribution in [0.25, 0.3) is 0 Å². The topological polar surface area (TPSA) is 37.4 Å². The van der Waals surface area contributed by atoms with Crippen LogP contribution in [0, 0.1) is 0 Å². The van der Waals surface area contributed by atoms with Crippen LogP contribution < -0.4 is 0 Å². The Morgan fingerprint density at radius 3 is 2.59 bits per heavy atom. The average molecular weight is 272 g/mol. The van der Waals surface area contributed by atoms with E-state index in [-0.39, 0.29) is 24.7 Å². The first-order valence-electron chi connectivity index (χ1n) is 5.29. The maximum Gasteiger partial charge on any atom is 0.230 e. The molecule has 0 saturated carbocycles. The van der Waals surface area contributed by atoms with Crippen molar-refractivity contribution in [3.8, 4) is 0 Å². The number of ketones is 1. The Hall–Kier alpha value is -1.06. The number of halogens is 2. The van der Waals surface area contributed by atoms with E-state index in [1.807, 2.05) is 6.07 Å². The molecule has 0 N–H and O–H groups in total. The van der Waals surface area contributed by atoms with Gasteiger partial charge in [-0.3, -0.25) is 9.59 Å². The molecule has 0 spiro atoms. The van der Waals surface area contributed by atoms with Crippen molar-refractivity contribution in [3.63, 3.8) is 0 Å². The van der Waals surface area contributed by atoms with Crippen LogP contribution in [0.1, 0.15) is 12.0 Å². The quantitative estimate of drug-likeness (QED) is 0.792. The first kappa shape index (κ1) is 12.4. The normalized spacial score (nSPS) is 15.8. The number of nitrogens with zero attached hydrogens (tertiary/aromatic N) is 1. The van der Waals surface area contributed by atoms with E-state index in [1.165, 1.54) is 0 Å². The van der Waals surface area contributed by atoms with E-state index in [9.17, 15) is 9.59 Å². The number of carbonyl (C=O) groups excluding carboxylic acids is 2. The zero-order chi connectivity index (χ0) is 12.4. The maximum absolute atomic E-state index is 11.4. The number of rotatable bonds is 3. The molecule has 17 heavy (non-hydrogen) atoms. The van der Waals surface area contributed by atoms with Gasteiger partial charge in [0.1, 0.15) is 0 Å². The molecule has 1 aromatic rings. The molecule has 1 heterocycles. The monoisotopic (exact) mass is 271 g/mol. The molecule has 2 rings (SSSR count). The summed E-state index contributed by atoms with van der Waals surface area (Å²) in [7, 11) is 0. The lowest BCUT2D eigenvalue weighted by Gasteiger charge is -2.14. The van der Waals surface area contributed by atoms with Crippen molar-refractivity contribution in [2.45, 2.75) is 12.8 Å². The van der Waals surface area contributed by atoms with E-state index in [2.05, 4.69) is 0 Å². The first-order valence-corrected chi connectivity index (χ1v) is 6.05. The van der Waals surface area contributed by atoms with Crippen molar-refractivity contribution in [1.29, 1.82) is 0 Å². The highest BCUT2D eigenvalue weighted by Crippen LogP contribution is 2.21. The molecular weight excluding hydrogens is 261 g/mol. The van der Waals surface area contributed by atoms with Gasteiger partial charge in [0.25, 0.3) is 0 Å². The van der Waals surface area contributed by atoms with Gasteiger partial charge in [-0.2, -0.15) is 0 Å². The van der Waals surface area contributed by atoms with Gasteiger partial charge in [-0.25, -0.2) is 0 Å². The van der Waals surface area contributed by atoms with Gasteiger partial charge < -0.3 is 4.90 Å². The Morgan fingerprint density at radius 2 is 2.00 bits per heavy atom. The number of benzene rings is 1. The van der Waals surface area contributed by atoms with E-state index in [1.54, 1.807) is 17.0 Å². The molecule has 0 unspecified atom stereocenters. The van der Waals surface area contributed by atoms with Gasteiger partial charge in [0, 0.05) is 16.6 Å². The predicted octanol–water partition coefficient (Wildman–Crippen LogP) is 2.34. The summed E-state index contributed by atoms with van der Waals surface area (Å²) in [6.45, 7) is 0.746. The Bertz CT molecular complexity index is 474. The molecule has 0 atom stereocenters. The van der Waals surface area contributed by atoms with Crippen molar-refractivity contribution < 1.29 is 9.59 Å². The third kappa shape index (κ3) is 2.99. The summed E-state index contributed by atoms with van der Waals surface area (Å²) >= 11 is 11.8. The van der Waals surface area contributed by atoms with E-state index in [4.69, 9.17) is 23.2 Å². The van der Waals surface area contributed by atoms with Crippen LogP contribution in [0.4, 0.5) is 0 Å². The largest absolute Gasteiger partial charge is 0.335 e. The van der Waals surface area contributed by atoms with Crippen LogP contribution in [0.5, 0.6) is 0 Å². The van der Waals surface area contributed by atoms with E-state index < -0.39 is 0 Å². The fraction of sp³-hybridized carbons (Fsp3) is 0.333. The van der Waals surface area contributed by atoms with Crippen LogP contribution in [-0.4, -0.2) is 29.7 Å². The maximum atomic E-state index is 11.4. The van der Waals surface area contributed by atoms with Crippen molar-refractivity contribution in [3.05, 3.63) is 33.8 Å². The first-order chi connectivity index (χ1) is 8.06. The van der Waals surface area contributed by atoms with Gasteiger partial charge in [0.15, 0.2) is 5.78 Å². The molecule has 1 aliphatic rings. The van der Waals surface area contributed by atoms with Crippen LogP contribution in [-0.2, 0) is 16.0 Å². The fourth-order valence-electron chi connectivity index (χ4n) is 1.82. The highest BCUT2D eigenvalue weighted by atomic mass is 35.5. The lowest BCUT2D eigenvalue weighted by molar-refractivity contribution is -0.127. The minimum absolute atomic E-state index is 0.0165. The van der Waals surface area contributed by atoms with E-state index >= 15 is 0 Å². The number of hydrogen-bond donors (Lipinski definition) is 0. The Morgan fingerprint density at radius 1 is 1.24 bits per heavy atom. The molecule has 1 aliphatic heterocycles. The van der Waals surface area contributed by atoms with Crippen LogP contribution >= 0.6 is 23.2 Å². The Labute approximate surface area is 109 Å². The number of Topliss-reactive ketones (excluding diaryl/α,β-unsaturated/α-hetero) is 1. The number of carbonyl (C=O) groups is 2. The van der Waals surface area contributed by atoms with Crippen molar-refractivity contribution in [2.24, 2.45) is 0 Å². The predicted molar refractivity (Wildman–Crippen MR) is 66.4 cm³/mol. The summed E-state index contributed by atoms with van der Waals surface area (Å²) < 4.78 is 0. The number of likely N-dealkylation sites (tertiary alicyclic amines) is 1. The molecule has 3 nitrogen and oxygen atoms in total. The smallest absolute Gasteiger partial charge is 0.230 e. The second-order valence-corrected chi connectivity index (χ2v) is 4.86. The Kier molecular flexibility index (Phi) is 3.69. The van der Waals surface area contributed by atoms with Gasteiger partial charge >= 0.3 is 0 Å². The molecule has 1 amide bonds. The molecule has 0 bridgehead atoms. The minimum Gasteiger partial charge on any atom is -0.335 e. The highest BCUT2D eigenvalue weighted by Gasteiger charge is 2.26. The van der Waals surface area contributed by atoms with E-state index in [0.717, 1.165) is 5.56 Å². The summed E-state index contributed by atoms with van der Waals surface area (Å²) in [6.07, 6.45) is 0.670. The van der Waals surface area contributed by atoms with Crippen LogP contribution in [0.2, 0.25) is 10.0 Å². The van der Waals surface area contributed by atoms with Crippen LogP contribution in [0.15, 0.2) is 18.2 Å². The van der Waals surface area contributed by atoms with Gasteiger partial charge in [0.2, 0.25) is 5.91 Å². The van der Waals surface area contributed by atoms with E-state index in [0.29, 0.717) is 23.0 Å². The molecule has 1 aromatic carbocycles.